The first-order valence-corrected chi connectivity index (χ1v) is 6.92. The Morgan fingerprint density at radius 3 is 2.90 bits per heavy atom. The molecule has 0 bridgehead atoms. The molecule has 0 spiro atoms. The average Bonchev–Trinajstić information content (AvgIpc) is 2.49. The number of carbonyl (C=O) groups excluding carboxylic acids is 1. The Balaban J connectivity index is 1.82. The van der Waals surface area contributed by atoms with Crippen LogP contribution in [-0.2, 0) is 16.0 Å². The number of aliphatic hydroxyl groups is 1. The van der Waals surface area contributed by atoms with Gasteiger partial charge in [-0.3, -0.25) is 9.69 Å². The highest BCUT2D eigenvalue weighted by Crippen LogP contribution is 2.10. The SMILES string of the molecule is N#CCc1ccc(NC(=O)CN2CCOC(CO)C2)cc1. The number of benzene rings is 1. The van der Waals surface area contributed by atoms with E-state index in [1.165, 1.54) is 0 Å². The van der Waals surface area contributed by atoms with Gasteiger partial charge in [-0.1, -0.05) is 12.1 Å². The van der Waals surface area contributed by atoms with Crippen LogP contribution in [0.15, 0.2) is 24.3 Å². The molecule has 1 aromatic rings. The number of rotatable bonds is 5. The summed E-state index contributed by atoms with van der Waals surface area (Å²) in [5, 5.41) is 20.5. The van der Waals surface area contributed by atoms with Crippen LogP contribution in [0.5, 0.6) is 0 Å². The Morgan fingerprint density at radius 2 is 2.24 bits per heavy atom. The lowest BCUT2D eigenvalue weighted by atomic mass is 10.1. The molecule has 0 saturated carbocycles. The molecule has 1 aliphatic heterocycles. The zero-order chi connectivity index (χ0) is 15.1. The predicted molar refractivity (Wildman–Crippen MR) is 77.7 cm³/mol. The van der Waals surface area contributed by atoms with Crippen molar-refractivity contribution in [3.05, 3.63) is 29.8 Å². The van der Waals surface area contributed by atoms with Gasteiger partial charge >= 0.3 is 0 Å². The topological polar surface area (TPSA) is 85.6 Å². The van der Waals surface area contributed by atoms with Gasteiger partial charge < -0.3 is 15.2 Å². The Bertz CT molecular complexity index is 510. The van der Waals surface area contributed by atoms with E-state index in [-0.39, 0.29) is 25.2 Å². The molecule has 2 rings (SSSR count). The Hall–Kier alpha value is -1.94. The molecule has 6 heteroatoms. The molecule has 0 aliphatic carbocycles. The molecule has 6 nitrogen and oxygen atoms in total. The van der Waals surface area contributed by atoms with Gasteiger partial charge in [-0.25, -0.2) is 0 Å². The van der Waals surface area contributed by atoms with Crippen molar-refractivity contribution in [3.63, 3.8) is 0 Å². The Kier molecular flexibility index (Phi) is 5.69. The highest BCUT2D eigenvalue weighted by molar-refractivity contribution is 5.92. The molecule has 1 atom stereocenters. The van der Waals surface area contributed by atoms with E-state index < -0.39 is 0 Å². The van der Waals surface area contributed by atoms with Gasteiger partial charge in [0.2, 0.25) is 5.91 Å². The summed E-state index contributed by atoms with van der Waals surface area (Å²) in [5.74, 6) is -0.0957. The smallest absolute Gasteiger partial charge is 0.238 e. The number of carbonyl (C=O) groups is 1. The third kappa shape index (κ3) is 4.83. The maximum absolute atomic E-state index is 12.0. The number of aliphatic hydroxyl groups excluding tert-OH is 1. The highest BCUT2D eigenvalue weighted by atomic mass is 16.5. The normalized spacial score (nSPS) is 19.0. The minimum atomic E-state index is -0.211. The lowest BCUT2D eigenvalue weighted by Gasteiger charge is -2.31. The van der Waals surface area contributed by atoms with Gasteiger partial charge in [-0.15, -0.1) is 0 Å². The number of amides is 1. The molecule has 1 unspecified atom stereocenters. The second-order valence-corrected chi connectivity index (χ2v) is 4.99. The largest absolute Gasteiger partial charge is 0.394 e. The van der Waals surface area contributed by atoms with Crippen molar-refractivity contribution in [2.45, 2.75) is 12.5 Å². The quantitative estimate of drug-likeness (QED) is 0.818. The lowest BCUT2D eigenvalue weighted by Crippen LogP contribution is -2.46. The first-order chi connectivity index (χ1) is 10.2. The first kappa shape index (κ1) is 15.4. The molecule has 1 aliphatic rings. The van der Waals surface area contributed by atoms with Gasteiger partial charge in [0.25, 0.3) is 0 Å². The lowest BCUT2D eigenvalue weighted by molar-refractivity contribution is -0.120. The van der Waals surface area contributed by atoms with Gasteiger partial charge in [-0.05, 0) is 17.7 Å². The van der Waals surface area contributed by atoms with Crippen LogP contribution in [0.4, 0.5) is 5.69 Å². The Morgan fingerprint density at radius 1 is 1.48 bits per heavy atom. The summed E-state index contributed by atoms with van der Waals surface area (Å²) in [6.07, 6.45) is 0.154. The molecule has 112 valence electrons. The minimum Gasteiger partial charge on any atom is -0.394 e. The molecular formula is C15H19N3O3. The zero-order valence-corrected chi connectivity index (χ0v) is 11.8. The molecule has 1 saturated heterocycles. The second-order valence-electron chi connectivity index (χ2n) is 4.99. The standard InChI is InChI=1S/C15H19N3O3/c16-6-5-12-1-3-13(4-2-12)17-15(20)10-18-7-8-21-14(9-18)11-19/h1-4,14,19H,5,7-11H2,(H,17,20). The summed E-state index contributed by atoms with van der Waals surface area (Å²) in [4.78, 5) is 13.9. The van der Waals surface area contributed by atoms with Crippen molar-refractivity contribution in [2.24, 2.45) is 0 Å². The van der Waals surface area contributed by atoms with Crippen LogP contribution >= 0.6 is 0 Å². The number of nitrogens with zero attached hydrogens (tertiary/aromatic N) is 2. The van der Waals surface area contributed by atoms with Crippen molar-refractivity contribution in [1.29, 1.82) is 5.26 Å². The number of morpholine rings is 1. The monoisotopic (exact) mass is 289 g/mol. The van der Waals surface area contributed by atoms with Crippen LogP contribution in [0.2, 0.25) is 0 Å². The van der Waals surface area contributed by atoms with E-state index in [4.69, 9.17) is 15.1 Å². The van der Waals surface area contributed by atoms with Crippen molar-refractivity contribution in [2.75, 3.05) is 38.2 Å². The number of anilines is 1. The van der Waals surface area contributed by atoms with Crippen molar-refractivity contribution in [1.82, 2.24) is 4.90 Å². The van der Waals surface area contributed by atoms with Gasteiger partial charge in [0.15, 0.2) is 0 Å². The van der Waals surface area contributed by atoms with Crippen LogP contribution < -0.4 is 5.32 Å². The van der Waals surface area contributed by atoms with Crippen molar-refractivity contribution in [3.8, 4) is 6.07 Å². The summed E-state index contributed by atoms with van der Waals surface area (Å²) in [7, 11) is 0. The third-order valence-electron chi connectivity index (χ3n) is 3.31. The fraction of sp³-hybridized carbons (Fsp3) is 0.467. The van der Waals surface area contributed by atoms with Crippen molar-refractivity contribution >= 4 is 11.6 Å². The molecule has 0 aromatic heterocycles. The van der Waals surface area contributed by atoms with E-state index in [1.807, 2.05) is 17.0 Å². The van der Waals surface area contributed by atoms with Gasteiger partial charge in [0, 0.05) is 18.8 Å². The van der Waals surface area contributed by atoms with E-state index in [0.717, 1.165) is 5.56 Å². The summed E-state index contributed by atoms with van der Waals surface area (Å²) in [6, 6.07) is 9.32. The number of ether oxygens (including phenoxy) is 1. The molecule has 1 aromatic carbocycles. The zero-order valence-electron chi connectivity index (χ0n) is 11.8. The van der Waals surface area contributed by atoms with Crippen LogP contribution in [0.25, 0.3) is 0 Å². The first-order valence-electron chi connectivity index (χ1n) is 6.92. The molecule has 1 fully saturated rings. The van der Waals surface area contributed by atoms with Crippen LogP contribution in [0.3, 0.4) is 0 Å². The molecule has 21 heavy (non-hydrogen) atoms. The van der Waals surface area contributed by atoms with Gasteiger partial charge in [0.1, 0.15) is 0 Å². The highest BCUT2D eigenvalue weighted by Gasteiger charge is 2.21. The molecule has 0 radical (unpaired) electrons. The molecular weight excluding hydrogens is 270 g/mol. The summed E-state index contributed by atoms with van der Waals surface area (Å²) >= 11 is 0. The Labute approximate surface area is 123 Å². The van der Waals surface area contributed by atoms with E-state index in [1.54, 1.807) is 12.1 Å². The van der Waals surface area contributed by atoms with Crippen LogP contribution in [0, 0.1) is 11.3 Å². The number of hydrogen-bond donors (Lipinski definition) is 2. The number of nitrogens with one attached hydrogen (secondary N) is 1. The number of hydrogen-bond acceptors (Lipinski definition) is 5. The fourth-order valence-electron chi connectivity index (χ4n) is 2.24. The second kappa shape index (κ2) is 7.74. The maximum Gasteiger partial charge on any atom is 0.238 e. The summed E-state index contributed by atoms with van der Waals surface area (Å²) in [5.41, 5.74) is 1.64. The molecule has 2 N–H and O–H groups in total. The molecule has 1 heterocycles. The van der Waals surface area contributed by atoms with E-state index >= 15 is 0 Å². The van der Waals surface area contributed by atoms with E-state index in [9.17, 15) is 4.79 Å². The average molecular weight is 289 g/mol. The number of nitriles is 1. The minimum absolute atomic E-state index is 0.0293. The van der Waals surface area contributed by atoms with Crippen LogP contribution in [-0.4, -0.2) is 54.9 Å². The summed E-state index contributed by atoms with van der Waals surface area (Å²) < 4.78 is 5.34. The van der Waals surface area contributed by atoms with E-state index in [0.29, 0.717) is 31.8 Å². The predicted octanol–water partition coefficient (Wildman–Crippen LogP) is 0.384. The molecule has 1 amide bonds. The fourth-order valence-corrected chi connectivity index (χ4v) is 2.24. The van der Waals surface area contributed by atoms with Crippen LogP contribution in [0.1, 0.15) is 5.56 Å². The van der Waals surface area contributed by atoms with E-state index in [2.05, 4.69) is 11.4 Å². The van der Waals surface area contributed by atoms with Gasteiger partial charge in [0.05, 0.1) is 38.4 Å². The van der Waals surface area contributed by atoms with Crippen molar-refractivity contribution < 1.29 is 14.6 Å². The maximum atomic E-state index is 12.0. The summed E-state index contributed by atoms with van der Waals surface area (Å²) in [6.45, 7) is 2.02. The van der Waals surface area contributed by atoms with Gasteiger partial charge in [-0.2, -0.15) is 5.26 Å². The third-order valence-corrected chi connectivity index (χ3v) is 3.31.